The van der Waals surface area contributed by atoms with E-state index in [9.17, 15) is 9.59 Å². The Bertz CT molecular complexity index is 752. The maximum absolute atomic E-state index is 12.7. The van der Waals surface area contributed by atoms with Gasteiger partial charge >= 0.3 is 11.9 Å². The summed E-state index contributed by atoms with van der Waals surface area (Å²) in [6.07, 6.45) is -0.0767. The van der Waals surface area contributed by atoms with Crippen LogP contribution in [0.2, 0.25) is 0 Å². The second-order valence-electron chi connectivity index (χ2n) is 7.40. The van der Waals surface area contributed by atoms with Crippen molar-refractivity contribution < 1.29 is 19.1 Å². The molecule has 2 aromatic carbocycles. The Morgan fingerprint density at radius 3 is 2.04 bits per heavy atom. The van der Waals surface area contributed by atoms with Crippen molar-refractivity contribution >= 4 is 11.9 Å². The van der Waals surface area contributed by atoms with Crippen LogP contribution in [0.3, 0.4) is 0 Å². The molecular weight excluding hydrogens is 328 g/mol. The van der Waals surface area contributed by atoms with Crippen LogP contribution in [0.25, 0.3) is 0 Å². The van der Waals surface area contributed by atoms with Gasteiger partial charge in [0, 0.05) is 0 Å². The molecule has 4 heteroatoms. The van der Waals surface area contributed by atoms with Crippen LogP contribution in [-0.2, 0) is 14.3 Å². The minimum Gasteiger partial charge on any atom is -0.459 e. The van der Waals surface area contributed by atoms with Crippen molar-refractivity contribution in [1.29, 1.82) is 0 Å². The van der Waals surface area contributed by atoms with Crippen LogP contribution in [0.15, 0.2) is 48.5 Å². The largest absolute Gasteiger partial charge is 0.459 e. The minimum atomic E-state index is -0.702. The van der Waals surface area contributed by atoms with Gasteiger partial charge in [0.15, 0.2) is 0 Å². The third-order valence-electron chi connectivity index (χ3n) is 3.89. The Labute approximate surface area is 155 Å². The van der Waals surface area contributed by atoms with Gasteiger partial charge < -0.3 is 9.47 Å². The molecule has 0 N–H and O–H groups in total. The average Bonchev–Trinajstić information content (AvgIpc) is 2.55. The van der Waals surface area contributed by atoms with Crippen LogP contribution in [0.4, 0.5) is 0 Å². The van der Waals surface area contributed by atoms with Gasteiger partial charge in [0.05, 0.1) is 12.3 Å². The number of ether oxygens (including phenoxy) is 2. The molecule has 4 nitrogen and oxygen atoms in total. The summed E-state index contributed by atoms with van der Waals surface area (Å²) in [4.78, 5) is 25.2. The number of hydrogen-bond acceptors (Lipinski definition) is 4. The second-order valence-corrected chi connectivity index (χ2v) is 7.40. The Hall–Kier alpha value is -2.62. The van der Waals surface area contributed by atoms with E-state index in [-0.39, 0.29) is 6.42 Å². The van der Waals surface area contributed by atoms with E-state index in [1.807, 2.05) is 83.1 Å². The standard InChI is InChI=1S/C22H26O4/c1-15-10-9-11-16(2)20(15)25-19(23)14-18(17-12-7-6-8-13-17)21(24)26-22(3,4)5/h6-13,18H,14H2,1-5H3/t18-/m0/s1. The van der Waals surface area contributed by atoms with Crippen LogP contribution in [0, 0.1) is 13.8 Å². The molecule has 0 amide bonds. The molecule has 0 aliphatic rings. The third kappa shape index (κ3) is 5.45. The molecule has 0 aliphatic carbocycles. The Kier molecular flexibility index (Phi) is 6.19. The Morgan fingerprint density at radius 1 is 0.923 bits per heavy atom. The van der Waals surface area contributed by atoms with Crippen molar-refractivity contribution in [1.82, 2.24) is 0 Å². The van der Waals surface area contributed by atoms with Gasteiger partial charge in [-0.25, -0.2) is 0 Å². The molecule has 0 spiro atoms. The first kappa shape index (κ1) is 19.7. The minimum absolute atomic E-state index is 0.0767. The van der Waals surface area contributed by atoms with Crippen molar-refractivity contribution in [2.75, 3.05) is 0 Å². The van der Waals surface area contributed by atoms with Gasteiger partial charge in [0.25, 0.3) is 0 Å². The summed E-state index contributed by atoms with van der Waals surface area (Å²) < 4.78 is 11.1. The first-order valence-corrected chi connectivity index (χ1v) is 8.72. The zero-order valence-corrected chi connectivity index (χ0v) is 16.0. The molecule has 2 aromatic rings. The SMILES string of the molecule is Cc1cccc(C)c1OC(=O)C[C@H](C(=O)OC(C)(C)C)c1ccccc1. The molecule has 0 fully saturated rings. The predicted molar refractivity (Wildman–Crippen MR) is 101 cm³/mol. The molecule has 0 saturated carbocycles. The number of hydrogen-bond donors (Lipinski definition) is 0. The number of benzene rings is 2. The summed E-state index contributed by atoms with van der Waals surface area (Å²) in [6, 6.07) is 14.9. The summed E-state index contributed by atoms with van der Waals surface area (Å²) in [5.41, 5.74) is 1.87. The van der Waals surface area contributed by atoms with Crippen LogP contribution in [-0.4, -0.2) is 17.5 Å². The molecule has 1 atom stereocenters. The van der Waals surface area contributed by atoms with E-state index < -0.39 is 23.5 Å². The van der Waals surface area contributed by atoms with Gasteiger partial charge in [-0.2, -0.15) is 0 Å². The van der Waals surface area contributed by atoms with Crippen molar-refractivity contribution in [2.45, 2.75) is 52.6 Å². The zero-order chi connectivity index (χ0) is 19.3. The lowest BCUT2D eigenvalue weighted by Crippen LogP contribution is -2.29. The van der Waals surface area contributed by atoms with E-state index in [1.165, 1.54) is 0 Å². The maximum Gasteiger partial charge on any atom is 0.314 e. The van der Waals surface area contributed by atoms with Crippen molar-refractivity contribution in [3.05, 3.63) is 65.2 Å². The molecule has 0 aromatic heterocycles. The van der Waals surface area contributed by atoms with Crippen molar-refractivity contribution in [3.8, 4) is 5.75 Å². The number of carbonyl (C=O) groups is 2. The summed E-state index contributed by atoms with van der Waals surface area (Å²) in [5, 5.41) is 0. The monoisotopic (exact) mass is 354 g/mol. The molecule has 0 saturated heterocycles. The van der Waals surface area contributed by atoms with Crippen LogP contribution < -0.4 is 4.74 Å². The molecule has 138 valence electrons. The van der Waals surface area contributed by atoms with E-state index in [0.717, 1.165) is 16.7 Å². The van der Waals surface area contributed by atoms with Gasteiger partial charge in [0.2, 0.25) is 0 Å². The lowest BCUT2D eigenvalue weighted by Gasteiger charge is -2.24. The highest BCUT2D eigenvalue weighted by Crippen LogP contribution is 2.27. The highest BCUT2D eigenvalue weighted by atomic mass is 16.6. The van der Waals surface area contributed by atoms with Crippen LogP contribution in [0.5, 0.6) is 5.75 Å². The van der Waals surface area contributed by atoms with E-state index in [0.29, 0.717) is 5.75 Å². The number of rotatable bonds is 5. The maximum atomic E-state index is 12.7. The molecule has 0 unspecified atom stereocenters. The summed E-state index contributed by atoms with van der Waals surface area (Å²) >= 11 is 0. The van der Waals surface area contributed by atoms with E-state index >= 15 is 0 Å². The number of para-hydroxylation sites is 1. The van der Waals surface area contributed by atoms with Crippen molar-refractivity contribution in [2.24, 2.45) is 0 Å². The van der Waals surface area contributed by atoms with Gasteiger partial charge in [-0.15, -0.1) is 0 Å². The number of aryl methyl sites for hydroxylation is 2. The van der Waals surface area contributed by atoms with Gasteiger partial charge in [0.1, 0.15) is 11.4 Å². The predicted octanol–water partition coefficient (Wildman–Crippen LogP) is 4.72. The Balaban J connectivity index is 2.21. The fourth-order valence-corrected chi connectivity index (χ4v) is 2.68. The lowest BCUT2D eigenvalue weighted by atomic mass is 9.95. The molecule has 2 rings (SSSR count). The average molecular weight is 354 g/mol. The summed E-state index contributed by atoms with van der Waals surface area (Å²) in [6.45, 7) is 9.20. The van der Waals surface area contributed by atoms with Crippen LogP contribution >= 0.6 is 0 Å². The first-order chi connectivity index (χ1) is 12.2. The van der Waals surface area contributed by atoms with Gasteiger partial charge in [-0.3, -0.25) is 9.59 Å². The molecule has 0 aliphatic heterocycles. The lowest BCUT2D eigenvalue weighted by molar-refractivity contribution is -0.159. The first-order valence-electron chi connectivity index (χ1n) is 8.72. The second kappa shape index (κ2) is 8.17. The van der Waals surface area contributed by atoms with Gasteiger partial charge in [-0.1, -0.05) is 48.5 Å². The highest BCUT2D eigenvalue weighted by molar-refractivity contribution is 5.85. The smallest absolute Gasteiger partial charge is 0.314 e. The molecule has 0 radical (unpaired) electrons. The number of carbonyl (C=O) groups excluding carboxylic acids is 2. The number of esters is 2. The van der Waals surface area contributed by atoms with Gasteiger partial charge in [-0.05, 0) is 51.3 Å². The van der Waals surface area contributed by atoms with E-state index in [4.69, 9.17) is 9.47 Å². The van der Waals surface area contributed by atoms with E-state index in [1.54, 1.807) is 0 Å². The van der Waals surface area contributed by atoms with E-state index in [2.05, 4.69) is 0 Å². The van der Waals surface area contributed by atoms with Crippen molar-refractivity contribution in [3.63, 3.8) is 0 Å². The molecule has 0 heterocycles. The highest BCUT2D eigenvalue weighted by Gasteiger charge is 2.29. The quantitative estimate of drug-likeness (QED) is 0.576. The normalized spacial score (nSPS) is 12.3. The fourth-order valence-electron chi connectivity index (χ4n) is 2.68. The molecule has 26 heavy (non-hydrogen) atoms. The topological polar surface area (TPSA) is 52.6 Å². The zero-order valence-electron chi connectivity index (χ0n) is 16.0. The third-order valence-corrected chi connectivity index (χ3v) is 3.89. The fraction of sp³-hybridized carbons (Fsp3) is 0.364. The summed E-state index contributed by atoms with van der Waals surface area (Å²) in [7, 11) is 0. The summed E-state index contributed by atoms with van der Waals surface area (Å²) in [5.74, 6) is -1.04. The molecular formula is C22H26O4. The van der Waals surface area contributed by atoms with Crippen LogP contribution in [0.1, 0.15) is 49.8 Å². The molecule has 0 bridgehead atoms. The Morgan fingerprint density at radius 2 is 1.50 bits per heavy atom.